The second kappa shape index (κ2) is 15.5. The summed E-state index contributed by atoms with van der Waals surface area (Å²) in [6, 6.07) is 9.14. The topological polar surface area (TPSA) is 6.48 Å². The van der Waals surface area contributed by atoms with E-state index in [2.05, 4.69) is 93.5 Å². The van der Waals surface area contributed by atoms with E-state index in [1.807, 2.05) is 0 Å². The van der Waals surface area contributed by atoms with Crippen molar-refractivity contribution in [2.24, 2.45) is 0 Å². The Labute approximate surface area is 275 Å². The molecule has 1 aliphatic heterocycles. The molecule has 4 fully saturated rings. The molecule has 2 aromatic carbocycles. The first-order chi connectivity index (χ1) is 20.7. The van der Waals surface area contributed by atoms with Crippen LogP contribution in [-0.2, 0) is 17.9 Å². The molecule has 2 aromatic rings. The molecule has 238 valence electrons. The molecule has 0 spiro atoms. The van der Waals surface area contributed by atoms with Gasteiger partial charge in [0, 0.05) is 0 Å². The molecule has 0 amide bonds. The SMILES string of the molecule is C1CCC(P(C2CCCCC2)C2CCCCC2)CC1.Cc1cc(C)c(N2CCN(c3c(C)cc(C)cc3C)[C]2=[Ru])c(C)c1. The second-order valence-corrected chi connectivity index (χ2v) is 18.2. The van der Waals surface area contributed by atoms with Crippen LogP contribution in [0.2, 0.25) is 0 Å². The van der Waals surface area contributed by atoms with Crippen molar-refractivity contribution in [1.82, 2.24) is 0 Å². The van der Waals surface area contributed by atoms with E-state index in [4.69, 9.17) is 0 Å². The average Bonchev–Trinajstić information content (AvgIpc) is 3.34. The summed E-state index contributed by atoms with van der Waals surface area (Å²) < 4.78 is 1.26. The number of anilines is 2. The zero-order chi connectivity index (χ0) is 30.5. The molecule has 43 heavy (non-hydrogen) atoms. The maximum absolute atomic E-state index is 2.86. The molecule has 0 aromatic heterocycles. The monoisotopic (exact) mass is 688 g/mol. The van der Waals surface area contributed by atoms with E-state index >= 15 is 0 Å². The number of hydrogen-bond acceptors (Lipinski definition) is 2. The molecule has 1 saturated heterocycles. The second-order valence-electron chi connectivity index (χ2n) is 14.4. The Morgan fingerprint density at radius 3 is 1.05 bits per heavy atom. The first kappa shape index (κ1) is 33.3. The predicted molar refractivity (Wildman–Crippen MR) is 189 cm³/mol. The standard InChI is InChI=1S/C21H26N2.C18H33P.Ru/c1-14-9-16(3)20(17(4)10-14)22-7-8-23(13-22)21-18(5)11-15(2)12-19(21)6;1-4-10-16(11-5-1)19(17-12-6-2-7-13-17)18-14-8-3-9-15-18;/h9-12H,7-8H2,1-6H3;16-18H,1-15H2;. The summed E-state index contributed by atoms with van der Waals surface area (Å²) in [5.74, 6) is 0. The third kappa shape index (κ3) is 8.04. The summed E-state index contributed by atoms with van der Waals surface area (Å²) in [6.45, 7) is 15.3. The fraction of sp³-hybridized carbons (Fsp3) is 0.667. The average molecular weight is 688 g/mol. The Morgan fingerprint density at radius 2 is 0.767 bits per heavy atom. The normalized spacial score (nSPS) is 21.0. The Morgan fingerprint density at radius 1 is 0.488 bits per heavy atom. The van der Waals surface area contributed by atoms with Crippen LogP contribution in [0.4, 0.5) is 11.4 Å². The summed E-state index contributed by atoms with van der Waals surface area (Å²) in [5.41, 5.74) is 14.4. The zero-order valence-electron chi connectivity index (χ0n) is 28.3. The van der Waals surface area contributed by atoms with Gasteiger partial charge in [0.1, 0.15) is 0 Å². The van der Waals surface area contributed by atoms with Crippen LogP contribution in [0.3, 0.4) is 0 Å². The number of benzene rings is 2. The van der Waals surface area contributed by atoms with Gasteiger partial charge in [-0.2, -0.15) is 0 Å². The van der Waals surface area contributed by atoms with Gasteiger partial charge in [-0.15, -0.1) is 0 Å². The van der Waals surface area contributed by atoms with Crippen molar-refractivity contribution in [3.63, 3.8) is 0 Å². The minimum atomic E-state index is 0.385. The molecule has 0 radical (unpaired) electrons. The van der Waals surface area contributed by atoms with Crippen molar-refractivity contribution in [3.8, 4) is 0 Å². The minimum absolute atomic E-state index is 0.385. The molecule has 0 bridgehead atoms. The van der Waals surface area contributed by atoms with E-state index in [0.717, 1.165) is 13.1 Å². The fourth-order valence-corrected chi connectivity index (χ4v) is 14.6. The first-order valence-corrected chi connectivity index (χ1v) is 20.2. The Hall–Kier alpha value is -1.04. The van der Waals surface area contributed by atoms with Gasteiger partial charge in [-0.3, -0.25) is 0 Å². The van der Waals surface area contributed by atoms with E-state index in [1.165, 1.54) is 85.3 Å². The molecular weight excluding hydrogens is 628 g/mol. The van der Waals surface area contributed by atoms with Crippen LogP contribution in [0.15, 0.2) is 24.3 Å². The number of nitrogens with zero attached hydrogens (tertiary/aromatic N) is 2. The van der Waals surface area contributed by atoms with Crippen molar-refractivity contribution >= 4 is 23.7 Å². The molecule has 4 heteroatoms. The van der Waals surface area contributed by atoms with E-state index in [-0.39, 0.29) is 0 Å². The third-order valence-electron chi connectivity index (χ3n) is 10.8. The molecule has 0 N–H and O–H groups in total. The van der Waals surface area contributed by atoms with E-state index in [0.29, 0.717) is 7.92 Å². The van der Waals surface area contributed by atoms with Crippen molar-refractivity contribution in [1.29, 1.82) is 0 Å². The quantitative estimate of drug-likeness (QED) is 0.228. The van der Waals surface area contributed by atoms with E-state index in [1.54, 1.807) is 77.0 Å². The summed E-state index contributed by atoms with van der Waals surface area (Å²) in [5, 5.41) is 0. The van der Waals surface area contributed by atoms with Crippen LogP contribution in [0, 0.1) is 41.5 Å². The third-order valence-corrected chi connectivity index (χ3v) is 15.8. The number of rotatable bonds is 5. The summed E-state index contributed by atoms with van der Waals surface area (Å²) >= 11 is 2.86. The van der Waals surface area contributed by atoms with Gasteiger partial charge in [0.25, 0.3) is 0 Å². The molecule has 6 rings (SSSR count). The zero-order valence-corrected chi connectivity index (χ0v) is 30.9. The van der Waals surface area contributed by atoms with Gasteiger partial charge in [-0.1, -0.05) is 65.7 Å². The molecule has 0 unspecified atom stereocenters. The van der Waals surface area contributed by atoms with E-state index < -0.39 is 0 Å². The van der Waals surface area contributed by atoms with Gasteiger partial charge in [0.15, 0.2) is 0 Å². The molecule has 3 aliphatic carbocycles. The van der Waals surface area contributed by atoms with Crippen molar-refractivity contribution in [2.75, 3.05) is 22.9 Å². The molecular formula is C39H59N2PRu. The Balaban J connectivity index is 0.000000176. The number of hydrogen-bond donors (Lipinski definition) is 0. The molecule has 0 atom stereocenters. The summed E-state index contributed by atoms with van der Waals surface area (Å²) in [7, 11) is 0.385. The number of aryl methyl sites for hydroxylation is 6. The van der Waals surface area contributed by atoms with Crippen LogP contribution in [0.1, 0.15) is 130 Å². The van der Waals surface area contributed by atoms with E-state index in [9.17, 15) is 0 Å². The maximum atomic E-state index is 2.86. The Kier molecular flexibility index (Phi) is 12.0. The molecule has 4 aliphatic rings. The Bertz CT molecular complexity index is 1080. The van der Waals surface area contributed by atoms with Gasteiger partial charge in [0.05, 0.1) is 0 Å². The van der Waals surface area contributed by atoms with Gasteiger partial charge in [0.2, 0.25) is 0 Å². The summed E-state index contributed by atoms with van der Waals surface area (Å²) in [6.07, 6.45) is 23.6. The first-order valence-electron chi connectivity index (χ1n) is 17.7. The molecule has 2 nitrogen and oxygen atoms in total. The molecule has 1 heterocycles. The van der Waals surface area contributed by atoms with Crippen LogP contribution >= 0.6 is 7.92 Å². The van der Waals surface area contributed by atoms with Gasteiger partial charge in [-0.05, 0) is 55.5 Å². The van der Waals surface area contributed by atoms with Crippen molar-refractivity contribution in [2.45, 2.75) is 155 Å². The van der Waals surface area contributed by atoms with Crippen LogP contribution in [0.5, 0.6) is 0 Å². The van der Waals surface area contributed by atoms with Crippen molar-refractivity contribution < 1.29 is 17.9 Å². The fourth-order valence-electron chi connectivity index (χ4n) is 9.16. The van der Waals surface area contributed by atoms with Crippen molar-refractivity contribution in [3.05, 3.63) is 57.6 Å². The predicted octanol–water partition coefficient (Wildman–Crippen LogP) is 11.0. The van der Waals surface area contributed by atoms with Crippen LogP contribution < -0.4 is 9.80 Å². The van der Waals surface area contributed by atoms with Crippen LogP contribution in [0.25, 0.3) is 0 Å². The van der Waals surface area contributed by atoms with Gasteiger partial charge >= 0.3 is 156 Å². The molecule has 3 saturated carbocycles. The van der Waals surface area contributed by atoms with Gasteiger partial charge < -0.3 is 0 Å². The summed E-state index contributed by atoms with van der Waals surface area (Å²) in [4.78, 5) is 4.92. The van der Waals surface area contributed by atoms with Crippen LogP contribution in [-0.4, -0.2) is 34.4 Å². The van der Waals surface area contributed by atoms with Gasteiger partial charge in [-0.25, -0.2) is 0 Å².